The summed E-state index contributed by atoms with van der Waals surface area (Å²) in [5.41, 5.74) is 1.36. The zero-order valence-electron chi connectivity index (χ0n) is 12.0. The van der Waals surface area contributed by atoms with Gasteiger partial charge in [-0.1, -0.05) is 18.2 Å². The number of benzene rings is 1. The second kappa shape index (κ2) is 6.53. The van der Waals surface area contributed by atoms with Crippen molar-refractivity contribution >= 4 is 17.4 Å². The maximum absolute atomic E-state index is 12.5. The molecular weight excluding hydrogens is 264 g/mol. The number of hydrogen-bond donors (Lipinski definition) is 1. The van der Waals surface area contributed by atoms with Crippen LogP contribution in [0.3, 0.4) is 0 Å². The van der Waals surface area contributed by atoms with Crippen LogP contribution >= 0.6 is 0 Å². The number of para-hydroxylation sites is 1. The number of amides is 1. The molecule has 0 aliphatic heterocycles. The third-order valence-electron chi connectivity index (χ3n) is 3.02. The molecule has 0 unspecified atom stereocenters. The largest absolute Gasteiger partial charge is 0.370 e. The number of nitrogens with zero attached hydrogens (tertiary/aromatic N) is 3. The van der Waals surface area contributed by atoms with Gasteiger partial charge < -0.3 is 10.2 Å². The zero-order chi connectivity index (χ0) is 15.2. The van der Waals surface area contributed by atoms with Crippen LogP contribution < -0.4 is 10.2 Å². The van der Waals surface area contributed by atoms with Crippen molar-refractivity contribution in [3.63, 3.8) is 0 Å². The molecule has 0 aliphatic carbocycles. The normalized spacial score (nSPS) is 9.76. The van der Waals surface area contributed by atoms with E-state index in [0.29, 0.717) is 22.8 Å². The lowest BCUT2D eigenvalue weighted by Crippen LogP contribution is -2.28. The van der Waals surface area contributed by atoms with E-state index in [1.54, 1.807) is 43.4 Å². The standard InChI is InChI=1S/C16H16N4O/c1-3-18-15-10-6-8-13(19-15)16(21)20(2)14-9-5-4-7-12(14)11-17/h4-10H,3H2,1-2H3,(H,18,19). The van der Waals surface area contributed by atoms with Gasteiger partial charge in [-0.05, 0) is 31.2 Å². The molecule has 0 bridgehead atoms. The predicted octanol–water partition coefficient (Wildman–Crippen LogP) is 2.66. The fourth-order valence-electron chi connectivity index (χ4n) is 1.98. The number of carbonyl (C=O) groups excluding carboxylic acids is 1. The highest BCUT2D eigenvalue weighted by atomic mass is 16.2. The van der Waals surface area contributed by atoms with E-state index in [4.69, 9.17) is 5.26 Å². The Morgan fingerprint density at radius 1 is 1.29 bits per heavy atom. The number of rotatable bonds is 4. The van der Waals surface area contributed by atoms with Gasteiger partial charge >= 0.3 is 0 Å². The van der Waals surface area contributed by atoms with Crippen LogP contribution in [0.25, 0.3) is 0 Å². The Hall–Kier alpha value is -2.87. The molecule has 5 nitrogen and oxygen atoms in total. The van der Waals surface area contributed by atoms with Crippen molar-refractivity contribution in [1.82, 2.24) is 4.98 Å². The van der Waals surface area contributed by atoms with Crippen molar-refractivity contribution in [3.05, 3.63) is 53.7 Å². The number of anilines is 2. The Kier molecular flexibility index (Phi) is 4.52. The first kappa shape index (κ1) is 14.5. The van der Waals surface area contributed by atoms with Crippen molar-refractivity contribution in [2.45, 2.75) is 6.92 Å². The third-order valence-corrected chi connectivity index (χ3v) is 3.02. The average Bonchev–Trinajstić information content (AvgIpc) is 2.54. The van der Waals surface area contributed by atoms with Crippen LogP contribution in [0.15, 0.2) is 42.5 Å². The van der Waals surface area contributed by atoms with Crippen LogP contribution in [-0.2, 0) is 0 Å². The highest BCUT2D eigenvalue weighted by Crippen LogP contribution is 2.20. The number of aromatic nitrogens is 1. The molecule has 0 saturated carbocycles. The molecular formula is C16H16N4O. The van der Waals surface area contributed by atoms with E-state index in [1.165, 1.54) is 4.90 Å². The van der Waals surface area contributed by atoms with Crippen LogP contribution in [0.5, 0.6) is 0 Å². The summed E-state index contributed by atoms with van der Waals surface area (Å²) in [5.74, 6) is 0.405. The van der Waals surface area contributed by atoms with Crippen molar-refractivity contribution in [3.8, 4) is 6.07 Å². The summed E-state index contributed by atoms with van der Waals surface area (Å²) in [6, 6.07) is 14.3. The van der Waals surface area contributed by atoms with Gasteiger partial charge in [0.25, 0.3) is 5.91 Å². The van der Waals surface area contributed by atoms with Crippen molar-refractivity contribution in [2.24, 2.45) is 0 Å². The van der Waals surface area contributed by atoms with Crippen molar-refractivity contribution in [2.75, 3.05) is 23.8 Å². The summed E-state index contributed by atoms with van der Waals surface area (Å²) in [6.45, 7) is 2.70. The first-order chi connectivity index (χ1) is 10.2. The maximum atomic E-state index is 12.5. The summed E-state index contributed by atoms with van der Waals surface area (Å²) < 4.78 is 0. The summed E-state index contributed by atoms with van der Waals surface area (Å²) in [7, 11) is 1.64. The molecule has 21 heavy (non-hydrogen) atoms. The molecule has 0 aliphatic rings. The summed E-state index contributed by atoms with van der Waals surface area (Å²) >= 11 is 0. The minimum atomic E-state index is -0.252. The van der Waals surface area contributed by atoms with E-state index < -0.39 is 0 Å². The lowest BCUT2D eigenvalue weighted by molar-refractivity contribution is 0.0988. The van der Waals surface area contributed by atoms with Crippen LogP contribution in [-0.4, -0.2) is 24.5 Å². The van der Waals surface area contributed by atoms with Gasteiger partial charge in [-0.15, -0.1) is 0 Å². The van der Waals surface area contributed by atoms with Crippen LogP contribution in [0, 0.1) is 11.3 Å². The molecule has 0 saturated heterocycles. The zero-order valence-corrected chi connectivity index (χ0v) is 12.0. The monoisotopic (exact) mass is 280 g/mol. The second-order valence-electron chi connectivity index (χ2n) is 4.43. The third kappa shape index (κ3) is 3.18. The van der Waals surface area contributed by atoms with Gasteiger partial charge in [0.05, 0.1) is 11.3 Å². The first-order valence-electron chi connectivity index (χ1n) is 6.65. The second-order valence-corrected chi connectivity index (χ2v) is 4.43. The van der Waals surface area contributed by atoms with E-state index in [0.717, 1.165) is 6.54 Å². The van der Waals surface area contributed by atoms with Crippen LogP contribution in [0.4, 0.5) is 11.5 Å². The van der Waals surface area contributed by atoms with Gasteiger partial charge in [0.1, 0.15) is 17.6 Å². The smallest absolute Gasteiger partial charge is 0.276 e. The molecule has 1 heterocycles. The van der Waals surface area contributed by atoms with E-state index in [2.05, 4.69) is 16.4 Å². The number of pyridine rings is 1. The Labute approximate surface area is 123 Å². The molecule has 1 N–H and O–H groups in total. The molecule has 106 valence electrons. The van der Waals surface area contributed by atoms with Gasteiger partial charge in [-0.2, -0.15) is 5.26 Å². The Bertz CT molecular complexity index is 691. The molecule has 1 aromatic carbocycles. The molecule has 0 atom stereocenters. The quantitative estimate of drug-likeness (QED) is 0.934. The minimum Gasteiger partial charge on any atom is -0.370 e. The lowest BCUT2D eigenvalue weighted by atomic mass is 10.1. The van der Waals surface area contributed by atoms with Gasteiger partial charge in [-0.25, -0.2) is 4.98 Å². The van der Waals surface area contributed by atoms with Gasteiger partial charge in [0.15, 0.2) is 0 Å². The topological polar surface area (TPSA) is 69.0 Å². The Morgan fingerprint density at radius 2 is 2.05 bits per heavy atom. The number of carbonyl (C=O) groups is 1. The average molecular weight is 280 g/mol. The minimum absolute atomic E-state index is 0.252. The maximum Gasteiger partial charge on any atom is 0.276 e. The summed E-state index contributed by atoms with van der Waals surface area (Å²) in [5, 5.41) is 12.2. The molecule has 0 spiro atoms. The number of nitrogens with one attached hydrogen (secondary N) is 1. The van der Waals surface area contributed by atoms with E-state index in [9.17, 15) is 4.79 Å². The number of nitriles is 1. The van der Waals surface area contributed by atoms with E-state index >= 15 is 0 Å². The molecule has 0 fully saturated rings. The lowest BCUT2D eigenvalue weighted by Gasteiger charge is -2.18. The van der Waals surface area contributed by atoms with Crippen LogP contribution in [0.1, 0.15) is 23.0 Å². The molecule has 1 amide bonds. The van der Waals surface area contributed by atoms with Gasteiger partial charge in [-0.3, -0.25) is 4.79 Å². The van der Waals surface area contributed by atoms with Crippen molar-refractivity contribution in [1.29, 1.82) is 5.26 Å². The number of hydrogen-bond acceptors (Lipinski definition) is 4. The molecule has 5 heteroatoms. The molecule has 1 aromatic heterocycles. The van der Waals surface area contributed by atoms with Crippen molar-refractivity contribution < 1.29 is 4.79 Å². The highest BCUT2D eigenvalue weighted by Gasteiger charge is 2.17. The molecule has 0 radical (unpaired) electrons. The Balaban J connectivity index is 2.31. The fourth-order valence-corrected chi connectivity index (χ4v) is 1.98. The van der Waals surface area contributed by atoms with Gasteiger partial charge in [0.2, 0.25) is 0 Å². The molecule has 2 aromatic rings. The highest BCUT2D eigenvalue weighted by molar-refractivity contribution is 6.05. The SMILES string of the molecule is CCNc1cccc(C(=O)N(C)c2ccccc2C#N)n1. The predicted molar refractivity (Wildman–Crippen MR) is 82.3 cm³/mol. The Morgan fingerprint density at radius 3 is 2.76 bits per heavy atom. The first-order valence-corrected chi connectivity index (χ1v) is 6.65. The van der Waals surface area contributed by atoms with E-state index in [-0.39, 0.29) is 5.91 Å². The van der Waals surface area contributed by atoms with E-state index in [1.807, 2.05) is 13.0 Å². The summed E-state index contributed by atoms with van der Waals surface area (Å²) in [6.07, 6.45) is 0. The molecule has 2 rings (SSSR count). The van der Waals surface area contributed by atoms with Crippen LogP contribution in [0.2, 0.25) is 0 Å². The van der Waals surface area contributed by atoms with Gasteiger partial charge in [0, 0.05) is 13.6 Å². The fraction of sp³-hybridized carbons (Fsp3) is 0.188. The summed E-state index contributed by atoms with van der Waals surface area (Å²) in [4.78, 5) is 18.2.